The first-order valence-corrected chi connectivity index (χ1v) is 13.3. The van der Waals surface area contributed by atoms with Gasteiger partial charge in [-0.05, 0) is 103 Å². The van der Waals surface area contributed by atoms with Gasteiger partial charge in [0.1, 0.15) is 0 Å². The Morgan fingerprint density at radius 1 is 1.03 bits per heavy atom. The molecule has 3 nitrogen and oxygen atoms in total. The van der Waals surface area contributed by atoms with E-state index in [0.717, 1.165) is 38.5 Å². The molecule has 8 atom stereocenters. The van der Waals surface area contributed by atoms with Crippen molar-refractivity contribution in [2.75, 3.05) is 0 Å². The summed E-state index contributed by atoms with van der Waals surface area (Å²) < 4.78 is 0. The third kappa shape index (κ3) is 3.64. The molecule has 0 saturated heterocycles. The van der Waals surface area contributed by atoms with Gasteiger partial charge in [-0.15, -0.1) is 0 Å². The molecule has 0 amide bonds. The Hall–Kier alpha value is -0.900. The fourth-order valence-electron chi connectivity index (χ4n) is 8.62. The van der Waals surface area contributed by atoms with Crippen LogP contribution in [-0.2, 0) is 0 Å². The van der Waals surface area contributed by atoms with Gasteiger partial charge in [0.2, 0.25) is 0 Å². The van der Waals surface area contributed by atoms with E-state index >= 15 is 0 Å². The molecule has 0 aromatic carbocycles. The minimum atomic E-state index is -0.905. The average Bonchev–Trinajstić information content (AvgIpc) is 3.00. The normalized spacial score (nSPS) is 44.4. The summed E-state index contributed by atoms with van der Waals surface area (Å²) in [6, 6.07) is 0. The zero-order chi connectivity index (χ0) is 24.6. The van der Waals surface area contributed by atoms with Crippen LogP contribution in [0.4, 0.5) is 0 Å². The number of aliphatic hydroxyl groups excluding tert-OH is 2. The van der Waals surface area contributed by atoms with Crippen molar-refractivity contribution in [1.82, 2.24) is 0 Å². The van der Waals surface area contributed by atoms with Gasteiger partial charge in [-0.3, -0.25) is 0 Å². The van der Waals surface area contributed by atoms with Gasteiger partial charge in [-0.25, -0.2) is 0 Å². The van der Waals surface area contributed by atoms with Crippen LogP contribution in [0.25, 0.3) is 0 Å². The number of hydrogen-bond donors (Lipinski definition) is 3. The van der Waals surface area contributed by atoms with Crippen molar-refractivity contribution in [2.24, 2.45) is 39.4 Å². The van der Waals surface area contributed by atoms with Crippen LogP contribution in [0.1, 0.15) is 93.9 Å². The molecule has 186 valence electrons. The zero-order valence-corrected chi connectivity index (χ0v) is 22.3. The molecule has 0 unspecified atom stereocenters. The number of fused-ring (bicyclic) bond motifs is 5. The molecule has 33 heavy (non-hydrogen) atoms. The summed E-state index contributed by atoms with van der Waals surface area (Å²) in [5.74, 6) is 1.04. The van der Waals surface area contributed by atoms with Gasteiger partial charge in [-0.1, -0.05) is 65.8 Å². The van der Waals surface area contributed by atoms with Crippen molar-refractivity contribution < 1.29 is 15.3 Å². The minimum absolute atomic E-state index is 0.0683. The predicted molar refractivity (Wildman–Crippen MR) is 136 cm³/mol. The van der Waals surface area contributed by atoms with E-state index < -0.39 is 11.7 Å². The third-order valence-electron chi connectivity index (χ3n) is 11.2. The first kappa shape index (κ1) is 25.2. The second kappa shape index (κ2) is 7.80. The molecule has 0 heterocycles. The molecule has 4 rings (SSSR count). The molecule has 0 aromatic rings. The largest absolute Gasteiger partial charge is 0.393 e. The SMILES string of the molecule is C[C@H]([C@H](O)/C=C/C(C)(C)O)[C@H]1CC[C@@]2(C)C3=CC[C@H]4C(C)(C)[C@@H](O)CC[C@]4(C)C3=CC[C@]12C. The number of rotatable bonds is 4. The summed E-state index contributed by atoms with van der Waals surface area (Å²) >= 11 is 0. The predicted octanol–water partition coefficient (Wildman–Crippen LogP) is 6.20. The van der Waals surface area contributed by atoms with E-state index in [2.05, 4.69) is 53.7 Å². The molecule has 4 aliphatic carbocycles. The lowest BCUT2D eigenvalue weighted by Gasteiger charge is -2.61. The topological polar surface area (TPSA) is 60.7 Å². The Morgan fingerprint density at radius 3 is 2.33 bits per heavy atom. The van der Waals surface area contributed by atoms with Gasteiger partial charge in [0.05, 0.1) is 17.8 Å². The lowest BCUT2D eigenvalue weighted by Crippen LogP contribution is -2.54. The van der Waals surface area contributed by atoms with Gasteiger partial charge in [0.25, 0.3) is 0 Å². The van der Waals surface area contributed by atoms with Crippen LogP contribution in [0.2, 0.25) is 0 Å². The van der Waals surface area contributed by atoms with Crippen molar-refractivity contribution in [3.8, 4) is 0 Å². The van der Waals surface area contributed by atoms with Crippen LogP contribution in [0.15, 0.2) is 35.5 Å². The van der Waals surface area contributed by atoms with Gasteiger partial charge < -0.3 is 15.3 Å². The van der Waals surface area contributed by atoms with Crippen molar-refractivity contribution in [3.63, 3.8) is 0 Å². The fourth-order valence-corrected chi connectivity index (χ4v) is 8.62. The Bertz CT molecular complexity index is 873. The Labute approximate surface area is 202 Å². The molecule has 0 aromatic heterocycles. The molecule has 4 aliphatic rings. The maximum atomic E-state index is 11.0. The quantitative estimate of drug-likeness (QED) is 0.442. The maximum absolute atomic E-state index is 11.0. The van der Waals surface area contributed by atoms with Crippen molar-refractivity contribution >= 4 is 0 Å². The van der Waals surface area contributed by atoms with E-state index in [-0.39, 0.29) is 33.7 Å². The molecule has 3 N–H and O–H groups in total. The minimum Gasteiger partial charge on any atom is -0.393 e. The number of allylic oxidation sites excluding steroid dienone is 4. The van der Waals surface area contributed by atoms with E-state index in [9.17, 15) is 15.3 Å². The van der Waals surface area contributed by atoms with E-state index in [1.807, 2.05) is 0 Å². The van der Waals surface area contributed by atoms with E-state index in [0.29, 0.717) is 11.8 Å². The summed E-state index contributed by atoms with van der Waals surface area (Å²) in [4.78, 5) is 0. The highest BCUT2D eigenvalue weighted by Crippen LogP contribution is 2.71. The standard InChI is InChI=1S/C30H48O3/c1-19(23(31)13-15-26(2,3)33)20-11-17-30(8)22-9-10-24-27(4,5)25(32)14-16-28(24,6)21(22)12-18-29(20,30)7/h9,12-13,15,19-20,23-25,31-33H,10-11,14,16-18H2,1-8H3/b15-13+/t19-,20+,23+,24-,25-,28+,29+,30-/m0/s1. The van der Waals surface area contributed by atoms with Crippen LogP contribution < -0.4 is 0 Å². The molecule has 3 heteroatoms. The highest BCUT2D eigenvalue weighted by Gasteiger charge is 2.63. The van der Waals surface area contributed by atoms with Gasteiger partial charge in [0, 0.05) is 0 Å². The Morgan fingerprint density at radius 2 is 1.70 bits per heavy atom. The number of aliphatic hydroxyl groups is 3. The molecular formula is C30H48O3. The van der Waals surface area contributed by atoms with E-state index in [1.165, 1.54) is 0 Å². The highest BCUT2D eigenvalue weighted by molar-refractivity contribution is 5.49. The first-order valence-electron chi connectivity index (χ1n) is 13.3. The number of hydrogen-bond acceptors (Lipinski definition) is 3. The van der Waals surface area contributed by atoms with Gasteiger partial charge in [0.15, 0.2) is 0 Å². The zero-order valence-electron chi connectivity index (χ0n) is 22.3. The highest BCUT2D eigenvalue weighted by atomic mass is 16.3. The monoisotopic (exact) mass is 456 g/mol. The Kier molecular flexibility index (Phi) is 5.96. The van der Waals surface area contributed by atoms with E-state index in [1.54, 1.807) is 37.1 Å². The molecule has 0 spiro atoms. The summed E-state index contributed by atoms with van der Waals surface area (Å²) in [5, 5.41) is 31.8. The van der Waals surface area contributed by atoms with Crippen LogP contribution in [0.3, 0.4) is 0 Å². The van der Waals surface area contributed by atoms with Gasteiger partial charge >= 0.3 is 0 Å². The van der Waals surface area contributed by atoms with Crippen LogP contribution in [0.5, 0.6) is 0 Å². The summed E-state index contributed by atoms with van der Waals surface area (Å²) in [7, 11) is 0. The van der Waals surface area contributed by atoms with E-state index in [4.69, 9.17) is 0 Å². The maximum Gasteiger partial charge on any atom is 0.0772 e. The Balaban J connectivity index is 1.67. The van der Waals surface area contributed by atoms with Crippen LogP contribution >= 0.6 is 0 Å². The second-order valence-electron chi connectivity index (χ2n) is 13.8. The fraction of sp³-hybridized carbons (Fsp3) is 0.800. The second-order valence-corrected chi connectivity index (χ2v) is 13.8. The third-order valence-corrected chi connectivity index (χ3v) is 11.2. The van der Waals surface area contributed by atoms with Gasteiger partial charge in [-0.2, -0.15) is 0 Å². The lowest BCUT2D eigenvalue weighted by molar-refractivity contribution is -0.0853. The summed E-state index contributed by atoms with van der Waals surface area (Å²) in [6.07, 6.45) is 14.2. The smallest absolute Gasteiger partial charge is 0.0772 e. The molecule has 2 saturated carbocycles. The first-order chi connectivity index (χ1) is 15.1. The molecule has 0 radical (unpaired) electrons. The lowest BCUT2D eigenvalue weighted by atomic mass is 9.44. The van der Waals surface area contributed by atoms with Crippen LogP contribution in [-0.4, -0.2) is 33.1 Å². The van der Waals surface area contributed by atoms with Crippen molar-refractivity contribution in [1.29, 1.82) is 0 Å². The van der Waals surface area contributed by atoms with Crippen molar-refractivity contribution in [3.05, 3.63) is 35.5 Å². The molecule has 0 aliphatic heterocycles. The molecule has 2 fully saturated rings. The molecule has 0 bridgehead atoms. The molecular weight excluding hydrogens is 408 g/mol. The van der Waals surface area contributed by atoms with Crippen LogP contribution in [0, 0.1) is 39.4 Å². The summed E-state index contributed by atoms with van der Waals surface area (Å²) in [6.45, 7) is 17.6. The summed E-state index contributed by atoms with van der Waals surface area (Å²) in [5.41, 5.74) is 2.52. The average molecular weight is 457 g/mol. The van der Waals surface area contributed by atoms with Crippen molar-refractivity contribution in [2.45, 2.75) is 112 Å².